The number of nitrogens with one attached hydrogen (secondary N) is 1. The molecule has 1 unspecified atom stereocenters. The lowest BCUT2D eigenvalue weighted by Crippen LogP contribution is -2.31. The Morgan fingerprint density at radius 3 is 2.75 bits per heavy atom. The highest BCUT2D eigenvalue weighted by molar-refractivity contribution is 9.10. The van der Waals surface area contributed by atoms with E-state index in [1.165, 1.54) is 5.69 Å². The molecule has 0 radical (unpaired) electrons. The minimum absolute atomic E-state index is 0.0144. The first kappa shape index (κ1) is 17.0. The molecule has 0 spiro atoms. The molecule has 1 amide bonds. The van der Waals surface area contributed by atoms with Gasteiger partial charge in [0.05, 0.1) is 0 Å². The fourth-order valence-electron chi connectivity index (χ4n) is 3.04. The topological polar surface area (TPSA) is 58.4 Å². The van der Waals surface area contributed by atoms with Gasteiger partial charge in [-0.15, -0.1) is 0 Å². The molecule has 0 aromatic heterocycles. The van der Waals surface area contributed by atoms with E-state index in [0.717, 1.165) is 29.5 Å². The number of benzene rings is 2. The van der Waals surface area contributed by atoms with Crippen molar-refractivity contribution in [3.8, 4) is 0 Å². The van der Waals surface area contributed by atoms with Gasteiger partial charge < -0.3 is 16.0 Å². The first-order chi connectivity index (χ1) is 11.7. The summed E-state index contributed by atoms with van der Waals surface area (Å²) in [5, 5.41) is 3.06. The molecule has 3 rings (SSSR count). The van der Waals surface area contributed by atoms with Crippen molar-refractivity contribution in [3.05, 3.63) is 64.1 Å². The van der Waals surface area contributed by atoms with Crippen molar-refractivity contribution in [2.45, 2.75) is 13.0 Å². The highest BCUT2D eigenvalue weighted by Crippen LogP contribution is 2.25. The van der Waals surface area contributed by atoms with E-state index in [4.69, 9.17) is 5.73 Å². The molecule has 0 bridgehead atoms. The SMILES string of the molecule is NCc1ccc(C(=O)NCC2CCN(c3cccc(Br)c3)C2)cc1. The lowest BCUT2D eigenvalue weighted by Gasteiger charge is -2.19. The summed E-state index contributed by atoms with van der Waals surface area (Å²) in [5.74, 6) is 0.468. The number of hydrogen-bond donors (Lipinski definition) is 2. The first-order valence-electron chi connectivity index (χ1n) is 8.23. The third-order valence-electron chi connectivity index (χ3n) is 4.46. The van der Waals surface area contributed by atoms with Crippen molar-refractivity contribution in [3.63, 3.8) is 0 Å². The van der Waals surface area contributed by atoms with Gasteiger partial charge in [-0.1, -0.05) is 34.1 Å². The van der Waals surface area contributed by atoms with Gasteiger partial charge in [-0.25, -0.2) is 0 Å². The quantitative estimate of drug-likeness (QED) is 0.828. The Balaban J connectivity index is 1.51. The van der Waals surface area contributed by atoms with Crippen LogP contribution in [0.3, 0.4) is 0 Å². The molecule has 1 heterocycles. The van der Waals surface area contributed by atoms with Crippen LogP contribution in [0.4, 0.5) is 5.69 Å². The fourth-order valence-corrected chi connectivity index (χ4v) is 3.43. The first-order valence-corrected chi connectivity index (χ1v) is 9.03. The lowest BCUT2D eigenvalue weighted by atomic mass is 10.1. The molecule has 2 aromatic carbocycles. The van der Waals surface area contributed by atoms with Crippen LogP contribution in [0, 0.1) is 5.92 Å². The lowest BCUT2D eigenvalue weighted by molar-refractivity contribution is 0.0948. The molecule has 1 fully saturated rings. The number of amides is 1. The normalized spacial score (nSPS) is 17.1. The highest BCUT2D eigenvalue weighted by Gasteiger charge is 2.23. The minimum atomic E-state index is -0.0144. The van der Waals surface area contributed by atoms with Gasteiger partial charge in [0.15, 0.2) is 0 Å². The van der Waals surface area contributed by atoms with Crippen LogP contribution < -0.4 is 16.0 Å². The van der Waals surface area contributed by atoms with Gasteiger partial charge in [0.25, 0.3) is 5.91 Å². The summed E-state index contributed by atoms with van der Waals surface area (Å²) in [7, 11) is 0. The van der Waals surface area contributed by atoms with Gasteiger partial charge in [-0.2, -0.15) is 0 Å². The Bertz CT molecular complexity index is 702. The standard InChI is InChI=1S/C19H22BrN3O/c20-17-2-1-3-18(10-17)23-9-8-15(13-23)12-22-19(24)16-6-4-14(11-21)5-7-16/h1-7,10,15H,8-9,11-13,21H2,(H,22,24). The molecular weight excluding hydrogens is 366 g/mol. The molecule has 1 aliphatic heterocycles. The van der Waals surface area contributed by atoms with Crippen molar-refractivity contribution < 1.29 is 4.79 Å². The third-order valence-corrected chi connectivity index (χ3v) is 4.96. The zero-order valence-electron chi connectivity index (χ0n) is 13.5. The van der Waals surface area contributed by atoms with E-state index in [0.29, 0.717) is 24.6 Å². The maximum atomic E-state index is 12.2. The second-order valence-electron chi connectivity index (χ2n) is 6.19. The van der Waals surface area contributed by atoms with Gasteiger partial charge in [0.1, 0.15) is 0 Å². The molecule has 24 heavy (non-hydrogen) atoms. The summed E-state index contributed by atoms with van der Waals surface area (Å²) >= 11 is 3.52. The molecule has 126 valence electrons. The van der Waals surface area contributed by atoms with Crippen LogP contribution in [0.1, 0.15) is 22.3 Å². The van der Waals surface area contributed by atoms with Crippen molar-refractivity contribution in [2.75, 3.05) is 24.5 Å². The van der Waals surface area contributed by atoms with Crippen LogP contribution in [0.5, 0.6) is 0 Å². The zero-order chi connectivity index (χ0) is 16.9. The van der Waals surface area contributed by atoms with Crippen molar-refractivity contribution >= 4 is 27.5 Å². The van der Waals surface area contributed by atoms with Gasteiger partial charge in [0.2, 0.25) is 0 Å². The Kier molecular flexibility index (Phi) is 5.53. The molecule has 5 heteroatoms. The molecular formula is C19H22BrN3O. The van der Waals surface area contributed by atoms with E-state index >= 15 is 0 Å². The fraction of sp³-hybridized carbons (Fsp3) is 0.316. The van der Waals surface area contributed by atoms with Crippen LogP contribution in [-0.2, 0) is 6.54 Å². The van der Waals surface area contributed by atoms with Crippen LogP contribution in [0.2, 0.25) is 0 Å². The number of nitrogens with zero attached hydrogens (tertiary/aromatic N) is 1. The summed E-state index contributed by atoms with van der Waals surface area (Å²) in [6.07, 6.45) is 1.10. The number of hydrogen-bond acceptors (Lipinski definition) is 3. The molecule has 4 nitrogen and oxygen atoms in total. The predicted octanol–water partition coefficient (Wildman–Crippen LogP) is 3.16. The summed E-state index contributed by atoms with van der Waals surface area (Å²) in [4.78, 5) is 14.6. The summed E-state index contributed by atoms with van der Waals surface area (Å²) in [6.45, 7) is 3.21. The van der Waals surface area contributed by atoms with Gasteiger partial charge in [-0.05, 0) is 48.2 Å². The number of nitrogens with two attached hydrogens (primary N) is 1. The number of carbonyl (C=O) groups excluding carboxylic acids is 1. The summed E-state index contributed by atoms with van der Waals surface area (Å²) in [5.41, 5.74) is 8.53. The second-order valence-corrected chi connectivity index (χ2v) is 7.11. The molecule has 1 atom stereocenters. The number of carbonyl (C=O) groups is 1. The Hall–Kier alpha value is -1.85. The molecule has 1 aliphatic rings. The molecule has 1 saturated heterocycles. The maximum absolute atomic E-state index is 12.2. The van der Waals surface area contributed by atoms with E-state index in [9.17, 15) is 4.79 Å². The average Bonchev–Trinajstić information content (AvgIpc) is 3.09. The number of rotatable bonds is 5. The van der Waals surface area contributed by atoms with Gasteiger partial charge in [0, 0.05) is 41.9 Å². The smallest absolute Gasteiger partial charge is 0.251 e. The Labute approximate surface area is 151 Å². The van der Waals surface area contributed by atoms with Gasteiger partial charge in [-0.3, -0.25) is 4.79 Å². The molecule has 0 saturated carbocycles. The third kappa shape index (κ3) is 4.16. The van der Waals surface area contributed by atoms with E-state index in [2.05, 4.69) is 44.3 Å². The molecule has 2 aromatic rings. The molecule has 0 aliphatic carbocycles. The van der Waals surface area contributed by atoms with Crippen LogP contribution in [0.25, 0.3) is 0 Å². The van der Waals surface area contributed by atoms with E-state index in [1.54, 1.807) is 0 Å². The molecule has 3 N–H and O–H groups in total. The van der Waals surface area contributed by atoms with Crippen molar-refractivity contribution in [1.82, 2.24) is 5.32 Å². The van der Waals surface area contributed by atoms with E-state index in [-0.39, 0.29) is 5.91 Å². The minimum Gasteiger partial charge on any atom is -0.371 e. The Morgan fingerprint density at radius 2 is 2.04 bits per heavy atom. The van der Waals surface area contributed by atoms with Crippen LogP contribution in [0.15, 0.2) is 53.0 Å². The maximum Gasteiger partial charge on any atom is 0.251 e. The number of anilines is 1. The average molecular weight is 388 g/mol. The summed E-state index contributed by atoms with van der Waals surface area (Å²) < 4.78 is 1.10. The zero-order valence-corrected chi connectivity index (χ0v) is 15.1. The van der Waals surface area contributed by atoms with E-state index < -0.39 is 0 Å². The second kappa shape index (κ2) is 7.81. The van der Waals surface area contributed by atoms with Crippen LogP contribution in [-0.4, -0.2) is 25.5 Å². The summed E-state index contributed by atoms with van der Waals surface area (Å²) in [6, 6.07) is 15.8. The van der Waals surface area contributed by atoms with Crippen molar-refractivity contribution in [1.29, 1.82) is 0 Å². The van der Waals surface area contributed by atoms with Crippen LogP contribution >= 0.6 is 15.9 Å². The van der Waals surface area contributed by atoms with Gasteiger partial charge >= 0.3 is 0 Å². The number of halogens is 1. The predicted molar refractivity (Wildman–Crippen MR) is 101 cm³/mol. The van der Waals surface area contributed by atoms with Crippen molar-refractivity contribution in [2.24, 2.45) is 11.7 Å². The van der Waals surface area contributed by atoms with E-state index in [1.807, 2.05) is 30.3 Å². The highest BCUT2D eigenvalue weighted by atomic mass is 79.9. The largest absolute Gasteiger partial charge is 0.371 e. The Morgan fingerprint density at radius 1 is 1.25 bits per heavy atom. The monoisotopic (exact) mass is 387 g/mol.